The van der Waals surface area contributed by atoms with Gasteiger partial charge in [-0.15, -0.1) is 0 Å². The van der Waals surface area contributed by atoms with Gasteiger partial charge in [-0.3, -0.25) is 9.59 Å². The molecular weight excluding hydrogens is 274 g/mol. The number of hydrogen-bond acceptors (Lipinski definition) is 4. The third-order valence-electron chi connectivity index (χ3n) is 2.97. The van der Waals surface area contributed by atoms with Gasteiger partial charge in [0.05, 0.1) is 0 Å². The van der Waals surface area contributed by atoms with Gasteiger partial charge in [0.1, 0.15) is 6.04 Å². The molecule has 21 heavy (non-hydrogen) atoms. The van der Waals surface area contributed by atoms with E-state index in [9.17, 15) is 14.4 Å². The van der Waals surface area contributed by atoms with Crippen LogP contribution < -0.4 is 16.4 Å². The van der Waals surface area contributed by atoms with E-state index in [0.29, 0.717) is 19.5 Å². The van der Waals surface area contributed by atoms with E-state index in [1.165, 1.54) is 0 Å². The molecule has 5 N–H and O–H groups in total. The number of unbranched alkanes of at least 4 members (excludes halogenated alkanes) is 2. The molecule has 0 aliphatic carbocycles. The molecule has 0 aromatic rings. The van der Waals surface area contributed by atoms with Gasteiger partial charge >= 0.3 is 5.97 Å². The van der Waals surface area contributed by atoms with Gasteiger partial charge in [-0.25, -0.2) is 4.79 Å². The molecule has 0 aliphatic heterocycles. The lowest BCUT2D eigenvalue weighted by Gasteiger charge is -2.14. The van der Waals surface area contributed by atoms with E-state index in [1.807, 2.05) is 6.92 Å². The summed E-state index contributed by atoms with van der Waals surface area (Å²) in [4.78, 5) is 34.0. The molecule has 0 saturated carbocycles. The summed E-state index contributed by atoms with van der Waals surface area (Å²) in [6.07, 6.45) is 3.87. The first kappa shape index (κ1) is 19.4. The zero-order valence-corrected chi connectivity index (χ0v) is 12.7. The molecule has 0 radical (unpaired) electrons. The van der Waals surface area contributed by atoms with E-state index in [2.05, 4.69) is 10.6 Å². The first-order valence-electron chi connectivity index (χ1n) is 7.50. The van der Waals surface area contributed by atoms with Crippen LogP contribution in [-0.4, -0.2) is 42.0 Å². The molecule has 0 aromatic heterocycles. The summed E-state index contributed by atoms with van der Waals surface area (Å²) in [6, 6.07) is -1.01. The van der Waals surface area contributed by atoms with Crippen molar-refractivity contribution in [2.45, 2.75) is 57.9 Å². The summed E-state index contributed by atoms with van der Waals surface area (Å²) >= 11 is 0. The SMILES string of the molecule is CCCC(=O)NC(CCC(=O)NCCCCCN)C(=O)O. The summed E-state index contributed by atoms with van der Waals surface area (Å²) in [7, 11) is 0. The predicted molar refractivity (Wildman–Crippen MR) is 79.6 cm³/mol. The molecule has 0 rings (SSSR count). The van der Waals surface area contributed by atoms with Gasteiger partial charge in [-0.05, 0) is 32.2 Å². The van der Waals surface area contributed by atoms with Crippen molar-refractivity contribution in [2.75, 3.05) is 13.1 Å². The molecule has 122 valence electrons. The molecule has 0 spiro atoms. The topological polar surface area (TPSA) is 122 Å². The molecule has 0 fully saturated rings. The largest absolute Gasteiger partial charge is 0.480 e. The second-order valence-corrected chi connectivity index (χ2v) is 4.95. The van der Waals surface area contributed by atoms with Crippen molar-refractivity contribution in [3.8, 4) is 0 Å². The number of rotatable bonds is 12. The van der Waals surface area contributed by atoms with Gasteiger partial charge in [0.2, 0.25) is 11.8 Å². The Balaban J connectivity index is 3.93. The number of hydrogen-bond donors (Lipinski definition) is 4. The maximum absolute atomic E-state index is 11.6. The molecule has 1 unspecified atom stereocenters. The number of carboxylic acids is 1. The summed E-state index contributed by atoms with van der Waals surface area (Å²) in [6.45, 7) is 3.05. The Labute approximate surface area is 125 Å². The standard InChI is InChI=1S/C14H27N3O4/c1-2-6-13(19)17-11(14(20)21)7-8-12(18)16-10-5-3-4-9-15/h11H,2-10,15H2,1H3,(H,16,18)(H,17,19)(H,20,21). The van der Waals surface area contributed by atoms with E-state index in [0.717, 1.165) is 19.3 Å². The second kappa shape index (κ2) is 12.1. The number of nitrogens with one attached hydrogen (secondary N) is 2. The van der Waals surface area contributed by atoms with Crippen LogP contribution in [0, 0.1) is 0 Å². The highest BCUT2D eigenvalue weighted by molar-refractivity contribution is 5.84. The van der Waals surface area contributed by atoms with Crippen molar-refractivity contribution in [1.29, 1.82) is 0 Å². The summed E-state index contributed by atoms with van der Waals surface area (Å²) in [5, 5.41) is 14.2. The third-order valence-corrected chi connectivity index (χ3v) is 2.97. The lowest BCUT2D eigenvalue weighted by atomic mass is 10.1. The lowest BCUT2D eigenvalue weighted by Crippen LogP contribution is -2.41. The average Bonchev–Trinajstić information content (AvgIpc) is 2.43. The fourth-order valence-electron chi connectivity index (χ4n) is 1.79. The van der Waals surface area contributed by atoms with E-state index < -0.39 is 12.0 Å². The minimum Gasteiger partial charge on any atom is -0.480 e. The number of carboxylic acid groups (broad SMARTS) is 1. The predicted octanol–water partition coefficient (Wildman–Crippen LogP) is 0.381. The Hall–Kier alpha value is -1.63. The van der Waals surface area contributed by atoms with Gasteiger partial charge in [-0.1, -0.05) is 13.3 Å². The Kier molecular flexibility index (Phi) is 11.2. The van der Waals surface area contributed by atoms with Gasteiger partial charge in [0.15, 0.2) is 0 Å². The smallest absolute Gasteiger partial charge is 0.326 e. The zero-order chi connectivity index (χ0) is 16.1. The number of carbonyl (C=O) groups excluding carboxylic acids is 2. The zero-order valence-electron chi connectivity index (χ0n) is 12.7. The molecule has 0 saturated heterocycles. The third kappa shape index (κ3) is 10.8. The molecule has 0 heterocycles. The van der Waals surface area contributed by atoms with Crippen molar-refractivity contribution in [3.05, 3.63) is 0 Å². The molecule has 2 amide bonds. The van der Waals surface area contributed by atoms with Crippen molar-refractivity contribution < 1.29 is 19.5 Å². The fraction of sp³-hybridized carbons (Fsp3) is 0.786. The van der Waals surface area contributed by atoms with Gasteiger partial charge in [-0.2, -0.15) is 0 Å². The summed E-state index contributed by atoms with van der Waals surface area (Å²) in [5.41, 5.74) is 5.36. The highest BCUT2D eigenvalue weighted by Crippen LogP contribution is 2.00. The van der Waals surface area contributed by atoms with Crippen molar-refractivity contribution >= 4 is 17.8 Å². The lowest BCUT2D eigenvalue weighted by molar-refractivity contribution is -0.142. The minimum absolute atomic E-state index is 0.0836. The van der Waals surface area contributed by atoms with Crippen molar-refractivity contribution in [3.63, 3.8) is 0 Å². The molecular formula is C14H27N3O4. The molecule has 1 atom stereocenters. The average molecular weight is 301 g/mol. The maximum Gasteiger partial charge on any atom is 0.326 e. The first-order chi connectivity index (χ1) is 10.0. The van der Waals surface area contributed by atoms with Gasteiger partial charge in [0.25, 0.3) is 0 Å². The normalized spacial score (nSPS) is 11.7. The van der Waals surface area contributed by atoms with Crippen LogP contribution in [0.3, 0.4) is 0 Å². The Bertz CT molecular complexity index is 334. The van der Waals surface area contributed by atoms with E-state index >= 15 is 0 Å². The number of aliphatic carboxylic acids is 1. The molecule has 0 bridgehead atoms. The molecule has 0 aliphatic rings. The first-order valence-corrected chi connectivity index (χ1v) is 7.50. The van der Waals surface area contributed by atoms with Crippen LogP contribution in [0.15, 0.2) is 0 Å². The monoisotopic (exact) mass is 301 g/mol. The Morgan fingerprint density at radius 3 is 2.38 bits per heavy atom. The van der Waals surface area contributed by atoms with Crippen LogP contribution in [0.4, 0.5) is 0 Å². The van der Waals surface area contributed by atoms with Crippen LogP contribution in [0.25, 0.3) is 0 Å². The fourth-order valence-corrected chi connectivity index (χ4v) is 1.79. The molecule has 7 heteroatoms. The van der Waals surface area contributed by atoms with Gasteiger partial charge in [0, 0.05) is 19.4 Å². The van der Waals surface area contributed by atoms with Crippen LogP contribution in [0.2, 0.25) is 0 Å². The highest BCUT2D eigenvalue weighted by atomic mass is 16.4. The molecule has 7 nitrogen and oxygen atoms in total. The van der Waals surface area contributed by atoms with Gasteiger partial charge < -0.3 is 21.5 Å². The highest BCUT2D eigenvalue weighted by Gasteiger charge is 2.20. The number of nitrogens with two attached hydrogens (primary N) is 1. The van der Waals surface area contributed by atoms with Crippen LogP contribution in [-0.2, 0) is 14.4 Å². The van der Waals surface area contributed by atoms with Crippen molar-refractivity contribution in [2.24, 2.45) is 5.73 Å². The second-order valence-electron chi connectivity index (χ2n) is 4.95. The van der Waals surface area contributed by atoms with E-state index in [1.54, 1.807) is 0 Å². The van der Waals surface area contributed by atoms with E-state index in [4.69, 9.17) is 10.8 Å². The summed E-state index contributed by atoms with van der Waals surface area (Å²) in [5.74, 6) is -1.61. The van der Waals surface area contributed by atoms with Crippen molar-refractivity contribution in [1.82, 2.24) is 10.6 Å². The Morgan fingerprint density at radius 2 is 1.81 bits per heavy atom. The van der Waals surface area contributed by atoms with E-state index in [-0.39, 0.29) is 31.1 Å². The number of carbonyl (C=O) groups is 3. The van der Waals surface area contributed by atoms with Crippen LogP contribution >= 0.6 is 0 Å². The number of amides is 2. The summed E-state index contributed by atoms with van der Waals surface area (Å²) < 4.78 is 0. The quantitative estimate of drug-likeness (QED) is 0.388. The molecule has 0 aromatic carbocycles. The Morgan fingerprint density at radius 1 is 1.10 bits per heavy atom. The maximum atomic E-state index is 11.6. The minimum atomic E-state index is -1.12. The van der Waals surface area contributed by atoms with Crippen LogP contribution in [0.1, 0.15) is 51.9 Å². The van der Waals surface area contributed by atoms with Crippen LogP contribution in [0.5, 0.6) is 0 Å².